The van der Waals surface area contributed by atoms with Crippen LogP contribution < -0.4 is 10.1 Å². The fraction of sp³-hybridized carbons (Fsp3) is 0.118. The lowest BCUT2D eigenvalue weighted by Crippen LogP contribution is -2.07. The summed E-state index contributed by atoms with van der Waals surface area (Å²) in [5.74, 6) is 0.231. The molecule has 0 aliphatic carbocycles. The van der Waals surface area contributed by atoms with Crippen molar-refractivity contribution in [2.75, 3.05) is 12.4 Å². The van der Waals surface area contributed by atoms with E-state index in [1.807, 2.05) is 31.2 Å². The van der Waals surface area contributed by atoms with Gasteiger partial charge in [0.25, 0.3) is 0 Å². The van der Waals surface area contributed by atoms with Crippen LogP contribution in [0.15, 0.2) is 42.5 Å². The highest BCUT2D eigenvalue weighted by atomic mass is 35.5. The number of carbonyl (C=O) groups is 1. The molecule has 0 aromatic heterocycles. The van der Waals surface area contributed by atoms with Crippen LogP contribution in [-0.2, 0) is 4.79 Å². The number of amides is 1. The second kappa shape index (κ2) is 7.34. The van der Waals surface area contributed by atoms with E-state index in [1.165, 1.54) is 13.2 Å². The fourth-order valence-corrected chi connectivity index (χ4v) is 2.58. The van der Waals surface area contributed by atoms with Gasteiger partial charge >= 0.3 is 0 Å². The number of hydrogen-bond acceptors (Lipinski definition) is 2. The van der Waals surface area contributed by atoms with E-state index in [9.17, 15) is 4.79 Å². The summed E-state index contributed by atoms with van der Waals surface area (Å²) < 4.78 is 5.22. The number of ether oxygens (including phenoxy) is 1. The molecule has 5 heteroatoms. The lowest BCUT2D eigenvalue weighted by atomic mass is 10.2. The van der Waals surface area contributed by atoms with E-state index in [2.05, 4.69) is 5.32 Å². The molecular formula is C17H15Cl2NO2. The van der Waals surface area contributed by atoms with Gasteiger partial charge in [0.15, 0.2) is 0 Å². The van der Waals surface area contributed by atoms with E-state index in [0.29, 0.717) is 21.4 Å². The van der Waals surface area contributed by atoms with Crippen molar-refractivity contribution in [1.29, 1.82) is 0 Å². The Hall–Kier alpha value is -1.97. The van der Waals surface area contributed by atoms with Gasteiger partial charge in [-0.25, -0.2) is 0 Å². The van der Waals surface area contributed by atoms with Gasteiger partial charge in [-0.2, -0.15) is 0 Å². The summed E-state index contributed by atoms with van der Waals surface area (Å²) in [4.78, 5) is 12.0. The number of methoxy groups -OCH3 is 1. The summed E-state index contributed by atoms with van der Waals surface area (Å²) in [6, 6.07) is 10.8. The first kappa shape index (κ1) is 16.4. The average Bonchev–Trinajstić information content (AvgIpc) is 2.44. The van der Waals surface area contributed by atoms with Crippen LogP contribution in [0.1, 0.15) is 11.1 Å². The number of carbonyl (C=O) groups excluding carboxylic acids is 1. The minimum Gasteiger partial charge on any atom is -0.495 e. The Labute approximate surface area is 139 Å². The molecule has 1 N–H and O–H groups in total. The fourth-order valence-electron chi connectivity index (χ4n) is 1.99. The van der Waals surface area contributed by atoms with Crippen molar-refractivity contribution in [1.82, 2.24) is 0 Å². The number of aryl methyl sites for hydroxylation is 1. The van der Waals surface area contributed by atoms with Crippen LogP contribution in [-0.4, -0.2) is 13.0 Å². The average molecular weight is 336 g/mol. The van der Waals surface area contributed by atoms with Crippen molar-refractivity contribution in [3.8, 4) is 5.75 Å². The van der Waals surface area contributed by atoms with Gasteiger partial charge < -0.3 is 10.1 Å². The SMILES string of the molecule is COc1c(Cl)cc(Cl)cc1C=CC(=O)Nc1cccc(C)c1. The third kappa shape index (κ3) is 4.26. The van der Waals surface area contributed by atoms with E-state index in [1.54, 1.807) is 18.2 Å². The summed E-state index contributed by atoms with van der Waals surface area (Å²) in [6.07, 6.45) is 3.02. The topological polar surface area (TPSA) is 38.3 Å². The molecule has 0 bridgehead atoms. The molecule has 2 aromatic rings. The first-order chi connectivity index (χ1) is 10.5. The summed E-state index contributed by atoms with van der Waals surface area (Å²) in [7, 11) is 1.51. The Morgan fingerprint density at radius 2 is 2.00 bits per heavy atom. The summed E-state index contributed by atoms with van der Waals surface area (Å²) in [5.41, 5.74) is 2.45. The lowest BCUT2D eigenvalue weighted by molar-refractivity contribution is -0.111. The van der Waals surface area contributed by atoms with Gasteiger partial charge in [0, 0.05) is 22.3 Å². The van der Waals surface area contributed by atoms with E-state index < -0.39 is 0 Å². The van der Waals surface area contributed by atoms with E-state index in [-0.39, 0.29) is 5.91 Å². The molecule has 2 rings (SSSR count). The number of benzene rings is 2. The molecule has 2 aromatic carbocycles. The zero-order valence-corrected chi connectivity index (χ0v) is 13.7. The van der Waals surface area contributed by atoms with Crippen LogP contribution in [0.4, 0.5) is 5.69 Å². The maximum absolute atomic E-state index is 12.0. The zero-order chi connectivity index (χ0) is 16.1. The Balaban J connectivity index is 2.16. The van der Waals surface area contributed by atoms with E-state index in [0.717, 1.165) is 11.3 Å². The lowest BCUT2D eigenvalue weighted by Gasteiger charge is -2.08. The number of hydrogen-bond donors (Lipinski definition) is 1. The third-order valence-corrected chi connectivity index (χ3v) is 3.44. The van der Waals surface area contributed by atoms with Crippen LogP contribution in [0.5, 0.6) is 5.75 Å². The Kier molecular flexibility index (Phi) is 5.47. The van der Waals surface area contributed by atoms with Crippen molar-refractivity contribution in [3.63, 3.8) is 0 Å². The van der Waals surface area contributed by atoms with Gasteiger partial charge in [-0.1, -0.05) is 35.3 Å². The maximum Gasteiger partial charge on any atom is 0.248 e. The second-order valence-electron chi connectivity index (χ2n) is 4.70. The van der Waals surface area contributed by atoms with Crippen LogP contribution in [0.25, 0.3) is 6.08 Å². The van der Waals surface area contributed by atoms with Crippen molar-refractivity contribution in [2.24, 2.45) is 0 Å². The van der Waals surface area contributed by atoms with Crippen LogP contribution in [0.2, 0.25) is 10.0 Å². The van der Waals surface area contributed by atoms with Gasteiger partial charge in [0.1, 0.15) is 5.75 Å². The maximum atomic E-state index is 12.0. The highest BCUT2D eigenvalue weighted by Gasteiger charge is 2.08. The van der Waals surface area contributed by atoms with Crippen LogP contribution >= 0.6 is 23.2 Å². The van der Waals surface area contributed by atoms with Gasteiger partial charge in [-0.3, -0.25) is 4.79 Å². The molecular weight excluding hydrogens is 321 g/mol. The molecule has 1 amide bonds. The molecule has 0 heterocycles. The largest absolute Gasteiger partial charge is 0.495 e. The molecule has 0 saturated carbocycles. The Bertz CT molecular complexity index is 727. The molecule has 0 radical (unpaired) electrons. The second-order valence-corrected chi connectivity index (χ2v) is 5.55. The predicted molar refractivity (Wildman–Crippen MR) is 91.9 cm³/mol. The van der Waals surface area contributed by atoms with Crippen molar-refractivity contribution >= 4 is 40.9 Å². The smallest absolute Gasteiger partial charge is 0.248 e. The Morgan fingerprint density at radius 1 is 1.23 bits per heavy atom. The minimum absolute atomic E-state index is 0.247. The van der Waals surface area contributed by atoms with E-state index >= 15 is 0 Å². The van der Waals surface area contributed by atoms with E-state index in [4.69, 9.17) is 27.9 Å². The van der Waals surface area contributed by atoms with Crippen LogP contribution in [0, 0.1) is 6.92 Å². The van der Waals surface area contributed by atoms with Gasteiger partial charge in [0.05, 0.1) is 12.1 Å². The predicted octanol–water partition coefficient (Wildman–Crippen LogP) is 4.96. The first-order valence-corrected chi connectivity index (χ1v) is 7.34. The quantitative estimate of drug-likeness (QED) is 0.801. The highest BCUT2D eigenvalue weighted by molar-refractivity contribution is 6.36. The molecule has 0 atom stereocenters. The molecule has 0 aliphatic heterocycles. The minimum atomic E-state index is -0.247. The normalized spacial score (nSPS) is 10.7. The zero-order valence-electron chi connectivity index (χ0n) is 12.2. The van der Waals surface area contributed by atoms with Crippen LogP contribution in [0.3, 0.4) is 0 Å². The van der Waals surface area contributed by atoms with Crippen molar-refractivity contribution in [2.45, 2.75) is 6.92 Å². The molecule has 22 heavy (non-hydrogen) atoms. The number of anilines is 1. The standard InChI is InChI=1S/C17H15Cl2NO2/c1-11-4-3-5-14(8-11)20-16(21)7-6-12-9-13(18)10-15(19)17(12)22-2/h3-10H,1-2H3,(H,20,21). The molecule has 0 unspecified atom stereocenters. The van der Waals surface area contributed by atoms with Gasteiger partial charge in [-0.15, -0.1) is 0 Å². The molecule has 114 valence electrons. The van der Waals surface area contributed by atoms with Crippen molar-refractivity contribution < 1.29 is 9.53 Å². The molecule has 0 fully saturated rings. The molecule has 0 spiro atoms. The Morgan fingerprint density at radius 3 is 2.68 bits per heavy atom. The number of halogens is 2. The third-order valence-electron chi connectivity index (χ3n) is 2.94. The first-order valence-electron chi connectivity index (χ1n) is 6.58. The highest BCUT2D eigenvalue weighted by Crippen LogP contribution is 2.32. The molecule has 0 saturated heterocycles. The summed E-state index contributed by atoms with van der Waals surface area (Å²) in [6.45, 7) is 1.96. The summed E-state index contributed by atoms with van der Waals surface area (Å²) >= 11 is 12.0. The van der Waals surface area contributed by atoms with Crippen molar-refractivity contribution in [3.05, 3.63) is 63.6 Å². The number of nitrogens with one attached hydrogen (secondary N) is 1. The monoisotopic (exact) mass is 335 g/mol. The summed E-state index contributed by atoms with van der Waals surface area (Å²) in [5, 5.41) is 3.66. The number of rotatable bonds is 4. The van der Waals surface area contributed by atoms with Gasteiger partial charge in [-0.05, 0) is 42.8 Å². The molecule has 0 aliphatic rings. The molecule has 3 nitrogen and oxygen atoms in total. The van der Waals surface area contributed by atoms with Gasteiger partial charge in [0.2, 0.25) is 5.91 Å².